The zero-order chi connectivity index (χ0) is 14.8. The average Bonchev–Trinajstić information content (AvgIpc) is 2.52. The zero-order valence-corrected chi connectivity index (χ0v) is 11.3. The molecule has 3 aromatic rings. The van der Waals surface area contributed by atoms with Gasteiger partial charge in [-0.2, -0.15) is 5.10 Å². The predicted octanol–water partition coefficient (Wildman–Crippen LogP) is 1.36. The van der Waals surface area contributed by atoms with Gasteiger partial charge in [0.25, 0.3) is 5.56 Å². The van der Waals surface area contributed by atoms with E-state index < -0.39 is 11.2 Å². The summed E-state index contributed by atoms with van der Waals surface area (Å²) in [5.74, 6) is 0. The van der Waals surface area contributed by atoms with Crippen LogP contribution in [0.4, 0.5) is 0 Å². The number of hydrogen-bond acceptors (Lipinski definition) is 4. The molecule has 0 bridgehead atoms. The summed E-state index contributed by atoms with van der Waals surface area (Å²) < 4.78 is 0.845. The van der Waals surface area contributed by atoms with Gasteiger partial charge in [0.15, 0.2) is 0 Å². The molecule has 0 saturated heterocycles. The largest absolute Gasteiger partial charge is 0.349 e. The van der Waals surface area contributed by atoms with Crippen LogP contribution in [-0.2, 0) is 0 Å². The van der Waals surface area contributed by atoms with Gasteiger partial charge in [-0.1, -0.05) is 12.1 Å². The van der Waals surface area contributed by atoms with Crippen molar-refractivity contribution >= 4 is 16.6 Å². The Balaban J connectivity index is 2.22. The Morgan fingerprint density at radius 1 is 1.14 bits per heavy atom. The summed E-state index contributed by atoms with van der Waals surface area (Å²) in [6.07, 6.45) is 3.25. The third-order valence-corrected chi connectivity index (χ3v) is 3.13. The zero-order valence-electron chi connectivity index (χ0n) is 11.3. The number of H-pyrrole nitrogens is 1. The van der Waals surface area contributed by atoms with Crippen LogP contribution in [0.15, 0.2) is 63.5 Å². The van der Waals surface area contributed by atoms with Crippen LogP contribution in [0.3, 0.4) is 0 Å². The van der Waals surface area contributed by atoms with E-state index in [9.17, 15) is 9.59 Å². The van der Waals surface area contributed by atoms with Gasteiger partial charge in [0.05, 0.1) is 16.6 Å². The number of nitrogens with one attached hydrogen (secondary N) is 1. The van der Waals surface area contributed by atoms with Gasteiger partial charge in [-0.25, -0.2) is 4.79 Å². The van der Waals surface area contributed by atoms with E-state index in [2.05, 4.69) is 15.1 Å². The standard InChI is InChI=1S/C15H12N4O2/c1-10(11-6-8-16-9-7-11)18-19-14(20)12-4-2-3-5-13(12)17-15(19)21/h2-9H,1H3,(H,17,21). The molecule has 0 spiro atoms. The van der Waals surface area contributed by atoms with E-state index in [1.807, 2.05) is 0 Å². The van der Waals surface area contributed by atoms with Crippen LogP contribution in [0.25, 0.3) is 10.9 Å². The monoisotopic (exact) mass is 280 g/mol. The second-order valence-electron chi connectivity index (χ2n) is 4.51. The summed E-state index contributed by atoms with van der Waals surface area (Å²) in [6, 6.07) is 10.4. The maximum atomic E-state index is 12.3. The summed E-state index contributed by atoms with van der Waals surface area (Å²) in [5, 5.41) is 4.55. The quantitative estimate of drug-likeness (QED) is 0.720. The molecular weight excluding hydrogens is 268 g/mol. The Morgan fingerprint density at radius 3 is 2.62 bits per heavy atom. The lowest BCUT2D eigenvalue weighted by atomic mass is 10.2. The Hall–Kier alpha value is -3.02. The normalized spacial score (nSPS) is 11.8. The number of benzene rings is 1. The van der Waals surface area contributed by atoms with E-state index in [-0.39, 0.29) is 0 Å². The Bertz CT molecular complexity index is 939. The van der Waals surface area contributed by atoms with E-state index >= 15 is 0 Å². The summed E-state index contributed by atoms with van der Waals surface area (Å²) >= 11 is 0. The molecule has 0 atom stereocenters. The highest BCUT2D eigenvalue weighted by Gasteiger charge is 2.07. The lowest BCUT2D eigenvalue weighted by Gasteiger charge is -2.03. The first-order chi connectivity index (χ1) is 10.2. The molecule has 0 aliphatic heterocycles. The Kier molecular flexibility index (Phi) is 3.19. The fourth-order valence-electron chi connectivity index (χ4n) is 2.04. The third-order valence-electron chi connectivity index (χ3n) is 3.13. The second kappa shape index (κ2) is 5.16. The minimum Gasteiger partial charge on any atom is -0.305 e. The molecule has 0 aliphatic rings. The lowest BCUT2D eigenvalue weighted by molar-refractivity contribution is 0.766. The van der Waals surface area contributed by atoms with Crippen LogP contribution < -0.4 is 11.2 Å². The van der Waals surface area contributed by atoms with E-state index in [1.54, 1.807) is 55.7 Å². The molecule has 1 aromatic carbocycles. The van der Waals surface area contributed by atoms with Crippen LogP contribution in [0, 0.1) is 0 Å². The van der Waals surface area contributed by atoms with Gasteiger partial charge >= 0.3 is 5.69 Å². The number of rotatable bonds is 2. The van der Waals surface area contributed by atoms with E-state index in [1.165, 1.54) is 0 Å². The SMILES string of the molecule is CC(=Nn1c(=O)[nH]c2ccccc2c1=O)c1ccncc1. The molecule has 2 aromatic heterocycles. The molecule has 6 heteroatoms. The van der Waals surface area contributed by atoms with Gasteiger partial charge in [-0.3, -0.25) is 9.78 Å². The van der Waals surface area contributed by atoms with Gasteiger partial charge in [0.1, 0.15) is 0 Å². The number of para-hydroxylation sites is 1. The highest BCUT2D eigenvalue weighted by molar-refractivity contribution is 5.98. The van der Waals surface area contributed by atoms with Crippen LogP contribution >= 0.6 is 0 Å². The third kappa shape index (κ3) is 2.38. The van der Waals surface area contributed by atoms with Crippen molar-refractivity contribution in [1.29, 1.82) is 0 Å². The van der Waals surface area contributed by atoms with Crippen molar-refractivity contribution in [3.05, 3.63) is 75.2 Å². The minimum atomic E-state index is -0.563. The summed E-state index contributed by atoms with van der Waals surface area (Å²) in [4.78, 5) is 30.9. The Morgan fingerprint density at radius 2 is 1.86 bits per heavy atom. The number of nitrogens with zero attached hydrogens (tertiary/aromatic N) is 3. The molecule has 3 rings (SSSR count). The molecule has 6 nitrogen and oxygen atoms in total. The van der Waals surface area contributed by atoms with Crippen molar-refractivity contribution in [3.63, 3.8) is 0 Å². The Labute approximate surface area is 119 Å². The van der Waals surface area contributed by atoms with Crippen molar-refractivity contribution < 1.29 is 0 Å². The molecule has 0 unspecified atom stereocenters. The minimum absolute atomic E-state index is 0.420. The van der Waals surface area contributed by atoms with Crippen LogP contribution in [0.2, 0.25) is 0 Å². The highest BCUT2D eigenvalue weighted by Crippen LogP contribution is 2.03. The summed E-state index contributed by atoms with van der Waals surface area (Å²) in [6.45, 7) is 1.73. The van der Waals surface area contributed by atoms with Crippen LogP contribution in [0.5, 0.6) is 0 Å². The topological polar surface area (TPSA) is 80.1 Å². The van der Waals surface area contributed by atoms with Gasteiger partial charge < -0.3 is 4.98 Å². The van der Waals surface area contributed by atoms with Crippen LogP contribution in [-0.4, -0.2) is 20.4 Å². The van der Waals surface area contributed by atoms with Crippen molar-refractivity contribution in [2.75, 3.05) is 0 Å². The first-order valence-electron chi connectivity index (χ1n) is 6.37. The molecule has 1 N–H and O–H groups in total. The molecule has 0 fully saturated rings. The van der Waals surface area contributed by atoms with Gasteiger partial charge in [0.2, 0.25) is 0 Å². The molecule has 0 aliphatic carbocycles. The molecular formula is C15H12N4O2. The number of aromatic nitrogens is 3. The number of pyridine rings is 1. The van der Waals surface area contributed by atoms with E-state index in [0.717, 1.165) is 10.2 Å². The fraction of sp³-hybridized carbons (Fsp3) is 0.0667. The fourth-order valence-corrected chi connectivity index (χ4v) is 2.04. The van der Waals surface area contributed by atoms with Crippen molar-refractivity contribution in [3.8, 4) is 0 Å². The van der Waals surface area contributed by atoms with Crippen LogP contribution in [0.1, 0.15) is 12.5 Å². The highest BCUT2D eigenvalue weighted by atomic mass is 16.2. The van der Waals surface area contributed by atoms with Gasteiger partial charge in [0, 0.05) is 18.0 Å². The van der Waals surface area contributed by atoms with Crippen molar-refractivity contribution in [1.82, 2.24) is 14.6 Å². The van der Waals surface area contributed by atoms with Gasteiger partial charge in [-0.05, 0) is 31.2 Å². The molecule has 21 heavy (non-hydrogen) atoms. The van der Waals surface area contributed by atoms with Crippen molar-refractivity contribution in [2.24, 2.45) is 5.10 Å². The maximum Gasteiger partial charge on any atom is 0.349 e. The smallest absolute Gasteiger partial charge is 0.305 e. The molecule has 104 valence electrons. The molecule has 0 amide bonds. The molecule has 0 saturated carbocycles. The first kappa shape index (κ1) is 13.0. The first-order valence-corrected chi connectivity index (χ1v) is 6.37. The number of aromatic amines is 1. The molecule has 0 radical (unpaired) electrons. The maximum absolute atomic E-state index is 12.3. The average molecular weight is 280 g/mol. The van der Waals surface area contributed by atoms with E-state index in [0.29, 0.717) is 16.6 Å². The number of fused-ring (bicyclic) bond motifs is 1. The predicted molar refractivity (Wildman–Crippen MR) is 80.7 cm³/mol. The van der Waals surface area contributed by atoms with Crippen molar-refractivity contribution in [2.45, 2.75) is 6.92 Å². The number of hydrogen-bond donors (Lipinski definition) is 1. The molecule has 2 heterocycles. The second-order valence-corrected chi connectivity index (χ2v) is 4.51. The summed E-state index contributed by atoms with van der Waals surface area (Å²) in [7, 11) is 0. The lowest BCUT2D eigenvalue weighted by Crippen LogP contribution is -2.32. The van der Waals surface area contributed by atoms with E-state index in [4.69, 9.17) is 0 Å². The summed E-state index contributed by atoms with van der Waals surface area (Å²) in [5.41, 5.74) is 0.847. The van der Waals surface area contributed by atoms with Gasteiger partial charge in [-0.15, -0.1) is 4.68 Å².